The molecule has 7 nitrogen and oxygen atoms in total. The minimum absolute atomic E-state index is 0.0714. The first-order chi connectivity index (χ1) is 14.9. The van der Waals surface area contributed by atoms with Crippen molar-refractivity contribution in [3.05, 3.63) is 41.5 Å². The van der Waals surface area contributed by atoms with Crippen molar-refractivity contribution in [3.8, 4) is 22.0 Å². The summed E-state index contributed by atoms with van der Waals surface area (Å²) < 4.78 is 39.8. The van der Waals surface area contributed by atoms with Gasteiger partial charge in [-0.25, -0.2) is 15.0 Å². The molecule has 1 aromatic carbocycles. The second-order valence-corrected chi connectivity index (χ2v) is 7.86. The van der Waals surface area contributed by atoms with E-state index < -0.39 is 11.7 Å². The van der Waals surface area contributed by atoms with Crippen LogP contribution in [0, 0.1) is 0 Å². The number of anilines is 1. The maximum Gasteiger partial charge on any atom is 0.420 e. The number of alkyl halides is 3. The van der Waals surface area contributed by atoms with E-state index in [-0.39, 0.29) is 17.3 Å². The van der Waals surface area contributed by atoms with Gasteiger partial charge in [0.05, 0.1) is 5.52 Å². The molecule has 1 aliphatic rings. The third-order valence-electron chi connectivity index (χ3n) is 4.79. The number of nitrogen functional groups attached to an aromatic ring is 1. The molecule has 5 rings (SSSR count). The van der Waals surface area contributed by atoms with Crippen molar-refractivity contribution < 1.29 is 13.2 Å². The van der Waals surface area contributed by atoms with Gasteiger partial charge >= 0.3 is 6.18 Å². The largest absolute Gasteiger partial charge is 0.420 e. The van der Waals surface area contributed by atoms with Crippen LogP contribution in [0.25, 0.3) is 32.9 Å². The number of H-pyrrole nitrogens is 1. The Bertz CT molecular complexity index is 1140. The first-order valence-electron chi connectivity index (χ1n) is 9.72. The maximum absolute atomic E-state index is 13.3. The molecule has 1 fully saturated rings. The molecule has 4 heterocycles. The van der Waals surface area contributed by atoms with Gasteiger partial charge in [0.2, 0.25) is 5.95 Å². The van der Waals surface area contributed by atoms with E-state index in [4.69, 9.17) is 5.73 Å². The van der Waals surface area contributed by atoms with Crippen molar-refractivity contribution in [3.63, 3.8) is 0 Å². The van der Waals surface area contributed by atoms with E-state index >= 15 is 0 Å². The first-order valence-corrected chi connectivity index (χ1v) is 10.6. The molecule has 3 aromatic heterocycles. The van der Waals surface area contributed by atoms with Crippen LogP contribution in [0.15, 0.2) is 36.0 Å². The van der Waals surface area contributed by atoms with Crippen molar-refractivity contribution in [2.75, 3.05) is 18.8 Å². The number of aromatic amines is 1. The number of hydrogen-bond acceptors (Lipinski definition) is 7. The van der Waals surface area contributed by atoms with E-state index in [0.29, 0.717) is 17.1 Å². The molecule has 31 heavy (non-hydrogen) atoms. The molecular formula is C20H20F3N7S. The Kier molecular flexibility index (Phi) is 6.14. The number of halogens is 3. The Morgan fingerprint density at radius 2 is 1.84 bits per heavy atom. The third-order valence-corrected chi connectivity index (χ3v) is 5.61. The Morgan fingerprint density at radius 3 is 2.45 bits per heavy atom. The molecule has 4 N–H and O–H groups in total. The summed E-state index contributed by atoms with van der Waals surface area (Å²) in [5.74, 6) is -0.251. The van der Waals surface area contributed by atoms with Crippen LogP contribution >= 0.6 is 11.3 Å². The summed E-state index contributed by atoms with van der Waals surface area (Å²) in [7, 11) is 0. The summed E-state index contributed by atoms with van der Waals surface area (Å²) >= 11 is 1.46. The van der Waals surface area contributed by atoms with E-state index in [0.717, 1.165) is 10.6 Å². The van der Waals surface area contributed by atoms with Crippen LogP contribution in [0.2, 0.25) is 0 Å². The second-order valence-electron chi connectivity index (χ2n) is 6.97. The number of rotatable bonds is 2. The molecule has 4 aromatic rings. The van der Waals surface area contributed by atoms with Crippen molar-refractivity contribution in [1.82, 2.24) is 30.5 Å². The van der Waals surface area contributed by atoms with Gasteiger partial charge in [-0.15, -0.1) is 11.3 Å². The average Bonchev–Trinajstić information content (AvgIpc) is 3.44. The molecule has 1 aliphatic heterocycles. The number of benzene rings is 1. The minimum atomic E-state index is -4.62. The summed E-state index contributed by atoms with van der Waals surface area (Å²) in [6, 6.07) is 5.24. The summed E-state index contributed by atoms with van der Waals surface area (Å²) in [5.41, 5.74) is 5.63. The predicted octanol–water partition coefficient (Wildman–Crippen LogP) is 4.50. The Labute approximate surface area is 179 Å². The highest BCUT2D eigenvalue weighted by Crippen LogP contribution is 2.38. The zero-order chi connectivity index (χ0) is 21.8. The van der Waals surface area contributed by atoms with Crippen molar-refractivity contribution in [2.45, 2.75) is 25.4 Å². The molecule has 0 atom stereocenters. The highest BCUT2D eigenvalue weighted by molar-refractivity contribution is 7.13. The molecule has 0 amide bonds. The monoisotopic (exact) mass is 447 g/mol. The molecule has 0 saturated carbocycles. The maximum atomic E-state index is 13.3. The SMILES string of the molecule is C1CCNCC1.Nc1ncc(C(F)(F)F)c(-c2n[nH]c3cc(-c4nccs4)ccc23)n1. The third kappa shape index (κ3) is 4.83. The van der Waals surface area contributed by atoms with Crippen LogP contribution in [0.3, 0.4) is 0 Å². The number of aromatic nitrogens is 5. The standard InChI is InChI=1S/C15H9F3N6S.C5H11N/c16-15(17,18)9-6-21-14(19)22-12(9)11-8-2-1-7(5-10(8)23-24-11)13-20-3-4-25-13;1-2-4-6-5-3-1/h1-6H,(H,23,24)(H2,19,21,22);6H,1-5H2. The summed E-state index contributed by atoms with van der Waals surface area (Å²) in [6.07, 6.45) is 1.95. The molecule has 0 radical (unpaired) electrons. The molecule has 0 aliphatic carbocycles. The van der Waals surface area contributed by atoms with E-state index in [1.54, 1.807) is 24.4 Å². The van der Waals surface area contributed by atoms with E-state index in [1.165, 1.54) is 43.7 Å². The van der Waals surface area contributed by atoms with Crippen molar-refractivity contribution >= 4 is 28.2 Å². The molecule has 1 saturated heterocycles. The highest BCUT2D eigenvalue weighted by Gasteiger charge is 2.36. The van der Waals surface area contributed by atoms with Gasteiger partial charge in [-0.3, -0.25) is 5.10 Å². The van der Waals surface area contributed by atoms with Gasteiger partial charge in [0, 0.05) is 28.7 Å². The number of nitrogens with zero attached hydrogens (tertiary/aromatic N) is 4. The van der Waals surface area contributed by atoms with Crippen molar-refractivity contribution in [2.24, 2.45) is 0 Å². The number of fused-ring (bicyclic) bond motifs is 1. The molecule has 0 bridgehead atoms. The number of nitrogens with one attached hydrogen (secondary N) is 2. The molecule has 0 spiro atoms. The van der Waals surface area contributed by atoms with E-state index in [2.05, 4.69) is 30.5 Å². The topological polar surface area (TPSA) is 105 Å². The van der Waals surface area contributed by atoms with Gasteiger partial charge in [-0.2, -0.15) is 18.3 Å². The van der Waals surface area contributed by atoms with E-state index in [9.17, 15) is 13.2 Å². The number of thiazole rings is 1. The predicted molar refractivity (Wildman–Crippen MR) is 114 cm³/mol. The molecular weight excluding hydrogens is 427 g/mol. The normalized spacial score (nSPS) is 14.3. The van der Waals surface area contributed by atoms with Crippen LogP contribution in [0.5, 0.6) is 0 Å². The lowest BCUT2D eigenvalue weighted by molar-refractivity contribution is -0.137. The second kappa shape index (κ2) is 8.98. The van der Waals surface area contributed by atoms with Gasteiger partial charge in [0.1, 0.15) is 22.0 Å². The zero-order valence-corrected chi connectivity index (χ0v) is 17.2. The molecule has 11 heteroatoms. The van der Waals surface area contributed by atoms with Crippen LogP contribution in [-0.4, -0.2) is 38.2 Å². The fourth-order valence-electron chi connectivity index (χ4n) is 3.28. The van der Waals surface area contributed by atoms with Gasteiger partial charge in [0.25, 0.3) is 0 Å². The van der Waals surface area contributed by atoms with Gasteiger partial charge in [-0.05, 0) is 38.1 Å². The molecule has 0 unspecified atom stereocenters. The number of nitrogens with two attached hydrogens (primary N) is 1. The van der Waals surface area contributed by atoms with Gasteiger partial charge < -0.3 is 11.1 Å². The lowest BCUT2D eigenvalue weighted by Gasteiger charge is -2.10. The smallest absolute Gasteiger partial charge is 0.368 e. The number of piperidine rings is 1. The van der Waals surface area contributed by atoms with Crippen LogP contribution in [0.1, 0.15) is 24.8 Å². The fourth-order valence-corrected chi connectivity index (χ4v) is 3.92. The van der Waals surface area contributed by atoms with Crippen molar-refractivity contribution in [1.29, 1.82) is 0 Å². The van der Waals surface area contributed by atoms with E-state index in [1.807, 2.05) is 5.38 Å². The zero-order valence-electron chi connectivity index (χ0n) is 16.4. The lowest BCUT2D eigenvalue weighted by Crippen LogP contribution is -2.21. The number of hydrogen-bond donors (Lipinski definition) is 3. The fraction of sp³-hybridized carbons (Fsp3) is 0.300. The Morgan fingerprint density at radius 1 is 1.03 bits per heavy atom. The average molecular weight is 447 g/mol. The highest BCUT2D eigenvalue weighted by atomic mass is 32.1. The summed E-state index contributed by atoms with van der Waals surface area (Å²) in [6.45, 7) is 2.50. The quantitative estimate of drug-likeness (QED) is 0.418. The van der Waals surface area contributed by atoms with Gasteiger partial charge in [0.15, 0.2) is 0 Å². The minimum Gasteiger partial charge on any atom is -0.368 e. The summed E-state index contributed by atoms with van der Waals surface area (Å²) in [5, 5.41) is 13.2. The van der Waals surface area contributed by atoms with Crippen LogP contribution < -0.4 is 11.1 Å². The summed E-state index contributed by atoms with van der Waals surface area (Å²) in [4.78, 5) is 11.4. The Balaban J connectivity index is 0.000000334. The van der Waals surface area contributed by atoms with Gasteiger partial charge in [-0.1, -0.05) is 12.5 Å². The molecule has 162 valence electrons. The van der Waals surface area contributed by atoms with Crippen LogP contribution in [0.4, 0.5) is 19.1 Å². The Hall–Kier alpha value is -3.05. The van der Waals surface area contributed by atoms with Crippen LogP contribution in [-0.2, 0) is 6.18 Å². The lowest BCUT2D eigenvalue weighted by atomic mass is 10.1. The first kappa shape index (κ1) is 21.2.